The topological polar surface area (TPSA) is 119 Å². The molecule has 0 unspecified atom stereocenters. The predicted molar refractivity (Wildman–Crippen MR) is 90.1 cm³/mol. The largest absolute Gasteiger partial charge is 0.508 e. The summed E-state index contributed by atoms with van der Waals surface area (Å²) < 4.78 is 4.76. The second kappa shape index (κ2) is 7.82. The van der Waals surface area contributed by atoms with Crippen LogP contribution in [0.15, 0.2) is 36.4 Å². The predicted octanol–water partition coefficient (Wildman–Crippen LogP) is 3.40. The van der Waals surface area contributed by atoms with Crippen molar-refractivity contribution < 1.29 is 24.4 Å². The molecule has 0 saturated carbocycles. The Hall–Kier alpha value is -2.84. The van der Waals surface area contributed by atoms with Crippen LogP contribution in [0.4, 0.5) is 11.4 Å². The van der Waals surface area contributed by atoms with Crippen molar-refractivity contribution in [2.45, 2.75) is 0 Å². The van der Waals surface area contributed by atoms with Gasteiger partial charge >= 0.3 is 5.97 Å². The van der Waals surface area contributed by atoms with E-state index in [-0.39, 0.29) is 21.3 Å². The van der Waals surface area contributed by atoms with Gasteiger partial charge in [0.2, 0.25) is 0 Å². The molecule has 10 heteroatoms. The molecule has 8 nitrogen and oxygen atoms in total. The van der Waals surface area contributed by atoms with Crippen LogP contribution in [-0.2, 0) is 9.53 Å². The standard InChI is InChI=1S/C15H10Cl2N2O6/c16-11-2-1-3-12(14(11)17)18-13(21)7-25-15(22)8-4-9(19(23)24)6-10(20)5-8/h1-6,20H,7H2,(H,18,21). The van der Waals surface area contributed by atoms with Crippen molar-refractivity contribution in [3.8, 4) is 5.75 Å². The van der Waals surface area contributed by atoms with E-state index in [1.165, 1.54) is 12.1 Å². The molecule has 0 radical (unpaired) electrons. The maximum atomic E-state index is 11.9. The van der Waals surface area contributed by atoms with Gasteiger partial charge in [-0.3, -0.25) is 14.9 Å². The number of nitro groups is 1. The maximum Gasteiger partial charge on any atom is 0.339 e. The first-order chi connectivity index (χ1) is 11.8. The van der Waals surface area contributed by atoms with Gasteiger partial charge in [-0.05, 0) is 18.2 Å². The molecular weight excluding hydrogens is 375 g/mol. The monoisotopic (exact) mass is 384 g/mol. The van der Waals surface area contributed by atoms with E-state index in [2.05, 4.69) is 5.32 Å². The smallest absolute Gasteiger partial charge is 0.339 e. The number of nitrogens with one attached hydrogen (secondary N) is 1. The summed E-state index contributed by atoms with van der Waals surface area (Å²) in [5.74, 6) is -2.17. The number of rotatable bonds is 5. The van der Waals surface area contributed by atoms with Gasteiger partial charge in [0.1, 0.15) is 5.75 Å². The molecule has 1 amide bonds. The van der Waals surface area contributed by atoms with Crippen LogP contribution in [0.5, 0.6) is 5.75 Å². The Morgan fingerprint density at radius 1 is 1.24 bits per heavy atom. The second-order valence-electron chi connectivity index (χ2n) is 4.72. The Morgan fingerprint density at radius 2 is 1.96 bits per heavy atom. The Bertz CT molecular complexity index is 856. The number of phenols is 1. The molecule has 0 atom stereocenters. The zero-order chi connectivity index (χ0) is 18.6. The van der Waals surface area contributed by atoms with Crippen LogP contribution in [-0.4, -0.2) is 28.5 Å². The van der Waals surface area contributed by atoms with Crippen molar-refractivity contribution >= 4 is 46.5 Å². The lowest BCUT2D eigenvalue weighted by molar-refractivity contribution is -0.385. The summed E-state index contributed by atoms with van der Waals surface area (Å²) >= 11 is 11.7. The molecule has 0 aliphatic rings. The van der Waals surface area contributed by atoms with E-state index in [1.807, 2.05) is 0 Å². The molecule has 25 heavy (non-hydrogen) atoms. The Morgan fingerprint density at radius 3 is 2.64 bits per heavy atom. The van der Waals surface area contributed by atoms with Gasteiger partial charge in [0.15, 0.2) is 6.61 Å². The van der Waals surface area contributed by atoms with Crippen molar-refractivity contribution in [1.82, 2.24) is 0 Å². The molecule has 0 fully saturated rings. The van der Waals surface area contributed by atoms with Crippen LogP contribution in [0.25, 0.3) is 0 Å². The number of nitrogens with zero attached hydrogens (tertiary/aromatic N) is 1. The number of hydrogen-bond donors (Lipinski definition) is 2. The van der Waals surface area contributed by atoms with Crippen molar-refractivity contribution in [2.75, 3.05) is 11.9 Å². The van der Waals surface area contributed by atoms with Gasteiger partial charge in [-0.2, -0.15) is 0 Å². The number of halogens is 2. The number of amides is 1. The summed E-state index contributed by atoms with van der Waals surface area (Å²) in [7, 11) is 0. The number of hydrogen-bond acceptors (Lipinski definition) is 6. The highest BCUT2D eigenvalue weighted by molar-refractivity contribution is 6.44. The minimum atomic E-state index is -1.01. The molecular formula is C15H10Cl2N2O6. The summed E-state index contributed by atoms with van der Waals surface area (Å²) in [6.07, 6.45) is 0. The van der Waals surface area contributed by atoms with Crippen LogP contribution in [0, 0.1) is 10.1 Å². The number of ether oxygens (including phenoxy) is 1. The number of nitro benzene ring substituents is 1. The van der Waals surface area contributed by atoms with Gasteiger partial charge in [0.25, 0.3) is 11.6 Å². The van der Waals surface area contributed by atoms with Gasteiger partial charge in [0.05, 0.1) is 32.3 Å². The zero-order valence-electron chi connectivity index (χ0n) is 12.4. The Labute approximate surface area is 151 Å². The molecule has 0 bridgehead atoms. The van der Waals surface area contributed by atoms with Crippen LogP contribution in [0.2, 0.25) is 10.0 Å². The third-order valence-electron chi connectivity index (χ3n) is 2.91. The fourth-order valence-electron chi connectivity index (χ4n) is 1.82. The van der Waals surface area contributed by atoms with Crippen molar-refractivity contribution in [3.05, 3.63) is 62.1 Å². The van der Waals surface area contributed by atoms with Crippen LogP contribution < -0.4 is 5.32 Å². The normalized spacial score (nSPS) is 10.2. The number of phenolic OH excluding ortho intramolecular Hbond substituents is 1. The Kier molecular flexibility index (Phi) is 5.79. The van der Waals surface area contributed by atoms with E-state index in [9.17, 15) is 24.8 Å². The van der Waals surface area contributed by atoms with Gasteiger partial charge in [-0.1, -0.05) is 29.3 Å². The van der Waals surface area contributed by atoms with Crippen molar-refractivity contribution in [3.63, 3.8) is 0 Å². The molecule has 0 saturated heterocycles. The zero-order valence-corrected chi connectivity index (χ0v) is 13.9. The van der Waals surface area contributed by atoms with Crippen LogP contribution in [0.1, 0.15) is 10.4 Å². The quantitative estimate of drug-likeness (QED) is 0.463. The van der Waals surface area contributed by atoms with Crippen molar-refractivity contribution in [2.24, 2.45) is 0 Å². The highest BCUT2D eigenvalue weighted by Gasteiger charge is 2.17. The molecule has 130 valence electrons. The first-order valence-corrected chi connectivity index (χ1v) is 7.43. The lowest BCUT2D eigenvalue weighted by atomic mass is 10.2. The number of carbonyl (C=O) groups is 2. The number of carbonyl (C=O) groups excluding carboxylic acids is 2. The Balaban J connectivity index is 2.01. The van der Waals surface area contributed by atoms with Gasteiger partial charge in [-0.15, -0.1) is 0 Å². The summed E-state index contributed by atoms with van der Waals surface area (Å²) in [6.45, 7) is -0.662. The maximum absolute atomic E-state index is 11.9. The van der Waals surface area contributed by atoms with E-state index in [4.69, 9.17) is 27.9 Å². The fourth-order valence-corrected chi connectivity index (χ4v) is 2.17. The molecule has 0 aliphatic carbocycles. The molecule has 0 aliphatic heterocycles. The molecule has 0 aromatic heterocycles. The molecule has 2 aromatic rings. The third-order valence-corrected chi connectivity index (χ3v) is 3.73. The van der Waals surface area contributed by atoms with Gasteiger partial charge in [-0.25, -0.2) is 4.79 Å². The molecule has 0 spiro atoms. The number of anilines is 1. The highest BCUT2D eigenvalue weighted by Crippen LogP contribution is 2.29. The number of benzene rings is 2. The number of aromatic hydroxyl groups is 1. The molecule has 2 N–H and O–H groups in total. The minimum absolute atomic E-state index is 0.132. The van der Waals surface area contributed by atoms with E-state index in [1.54, 1.807) is 6.07 Å². The summed E-state index contributed by atoms with van der Waals surface area (Å²) in [6, 6.07) is 7.40. The van der Waals surface area contributed by atoms with Gasteiger partial charge in [0, 0.05) is 6.07 Å². The second-order valence-corrected chi connectivity index (χ2v) is 5.51. The number of esters is 1. The summed E-state index contributed by atoms with van der Waals surface area (Å²) in [4.78, 5) is 33.6. The molecule has 0 heterocycles. The highest BCUT2D eigenvalue weighted by atomic mass is 35.5. The average Bonchev–Trinajstić information content (AvgIpc) is 2.56. The SMILES string of the molecule is O=C(COC(=O)c1cc(O)cc([N+](=O)[O-])c1)Nc1cccc(Cl)c1Cl. The lowest BCUT2D eigenvalue weighted by Gasteiger charge is -2.09. The van der Waals surface area contributed by atoms with E-state index < -0.39 is 34.8 Å². The van der Waals surface area contributed by atoms with E-state index >= 15 is 0 Å². The lowest BCUT2D eigenvalue weighted by Crippen LogP contribution is -2.21. The van der Waals surface area contributed by atoms with Crippen molar-refractivity contribution in [1.29, 1.82) is 0 Å². The van der Waals surface area contributed by atoms with Crippen LogP contribution in [0.3, 0.4) is 0 Å². The van der Waals surface area contributed by atoms with Crippen LogP contribution >= 0.6 is 23.2 Å². The first-order valence-electron chi connectivity index (χ1n) is 6.67. The van der Waals surface area contributed by atoms with E-state index in [0.717, 1.165) is 18.2 Å². The fraction of sp³-hybridized carbons (Fsp3) is 0.0667. The summed E-state index contributed by atoms with van der Waals surface area (Å²) in [5.41, 5.74) is -0.509. The van der Waals surface area contributed by atoms with E-state index in [0.29, 0.717) is 0 Å². The van der Waals surface area contributed by atoms with Gasteiger partial charge < -0.3 is 15.2 Å². The number of non-ortho nitro benzene ring substituents is 1. The third kappa shape index (κ3) is 4.82. The molecule has 2 rings (SSSR count). The minimum Gasteiger partial charge on any atom is -0.508 e. The first kappa shape index (κ1) is 18.5. The molecule has 2 aromatic carbocycles. The summed E-state index contributed by atoms with van der Waals surface area (Å²) in [5, 5.41) is 22.9. The average molecular weight is 385 g/mol.